The molecule has 0 aromatic carbocycles. The highest BCUT2D eigenvalue weighted by molar-refractivity contribution is 5.80. The molecule has 1 aliphatic heterocycles. The minimum Gasteiger partial charge on any atom is -0.423 e. The number of rotatable bonds is 4. The van der Waals surface area contributed by atoms with Gasteiger partial charge in [-0.2, -0.15) is 10.4 Å². The molecule has 2 aromatic rings. The van der Waals surface area contributed by atoms with E-state index in [0.717, 1.165) is 12.8 Å². The number of carbonyl (C=O) groups excluding carboxylic acids is 1. The lowest BCUT2D eigenvalue weighted by atomic mass is 10.2. The van der Waals surface area contributed by atoms with E-state index in [9.17, 15) is 10.1 Å². The van der Waals surface area contributed by atoms with Crippen LogP contribution in [0.25, 0.3) is 0 Å². The van der Waals surface area contributed by atoms with E-state index in [1.807, 2.05) is 22.8 Å². The largest absolute Gasteiger partial charge is 0.423 e. The van der Waals surface area contributed by atoms with Crippen LogP contribution in [-0.4, -0.2) is 51.8 Å². The van der Waals surface area contributed by atoms with E-state index in [2.05, 4.69) is 16.2 Å². The van der Waals surface area contributed by atoms with Crippen LogP contribution in [0.15, 0.2) is 22.9 Å². The van der Waals surface area contributed by atoms with Gasteiger partial charge in [0.2, 0.25) is 23.4 Å². The van der Waals surface area contributed by atoms with Crippen molar-refractivity contribution in [3.05, 3.63) is 30.0 Å². The van der Waals surface area contributed by atoms with Crippen molar-refractivity contribution in [2.24, 2.45) is 0 Å². The minimum atomic E-state index is -0.317. The van der Waals surface area contributed by atoms with Crippen LogP contribution in [0, 0.1) is 11.3 Å². The minimum absolute atomic E-state index is 0.0556. The van der Waals surface area contributed by atoms with Crippen LogP contribution >= 0.6 is 0 Å². The van der Waals surface area contributed by atoms with Crippen LogP contribution in [0.3, 0.4) is 0 Å². The van der Waals surface area contributed by atoms with Crippen molar-refractivity contribution in [1.29, 1.82) is 5.26 Å². The van der Waals surface area contributed by atoms with E-state index in [-0.39, 0.29) is 11.9 Å². The third-order valence-corrected chi connectivity index (χ3v) is 4.82. The van der Waals surface area contributed by atoms with E-state index >= 15 is 0 Å². The van der Waals surface area contributed by atoms with Gasteiger partial charge >= 0.3 is 0 Å². The Kier molecular flexibility index (Phi) is 3.92. The van der Waals surface area contributed by atoms with Gasteiger partial charge < -0.3 is 14.2 Å². The lowest BCUT2D eigenvalue weighted by Gasteiger charge is -2.35. The molecule has 1 unspecified atom stereocenters. The molecule has 1 amide bonds. The van der Waals surface area contributed by atoms with Crippen molar-refractivity contribution in [1.82, 2.24) is 19.7 Å². The van der Waals surface area contributed by atoms with Crippen molar-refractivity contribution >= 4 is 11.8 Å². The fourth-order valence-corrected chi connectivity index (χ4v) is 3.14. The molecular formula is C17H20N6O2. The molecule has 3 heterocycles. The lowest BCUT2D eigenvalue weighted by Crippen LogP contribution is -2.50. The van der Waals surface area contributed by atoms with Gasteiger partial charge in [-0.25, -0.2) is 4.98 Å². The first-order valence-corrected chi connectivity index (χ1v) is 8.61. The summed E-state index contributed by atoms with van der Waals surface area (Å²) in [7, 11) is 0. The zero-order valence-electron chi connectivity index (χ0n) is 14.1. The molecule has 25 heavy (non-hydrogen) atoms. The van der Waals surface area contributed by atoms with Crippen molar-refractivity contribution in [3.8, 4) is 6.07 Å². The van der Waals surface area contributed by atoms with Gasteiger partial charge in [0.1, 0.15) is 12.1 Å². The molecule has 4 rings (SSSR count). The molecule has 130 valence electrons. The standard InChI is InChI=1S/C17H20N6O2/c1-12(23-6-2-5-19-23)16(24)21-7-9-22(10-8-21)17-14(11-18)20-15(25-17)13-3-4-13/h2,5-6,12-13H,3-4,7-10H2,1H3. The number of carbonyl (C=O) groups is 1. The van der Waals surface area contributed by atoms with E-state index in [1.165, 1.54) is 0 Å². The highest BCUT2D eigenvalue weighted by Crippen LogP contribution is 2.41. The topological polar surface area (TPSA) is 91.2 Å². The molecule has 2 aromatic heterocycles. The summed E-state index contributed by atoms with van der Waals surface area (Å²) in [5.41, 5.74) is 0.353. The fraction of sp³-hybridized carbons (Fsp3) is 0.529. The van der Waals surface area contributed by atoms with E-state index in [1.54, 1.807) is 17.1 Å². The van der Waals surface area contributed by atoms with Gasteiger partial charge in [0.05, 0.1) is 0 Å². The normalized spacial score (nSPS) is 18.9. The zero-order chi connectivity index (χ0) is 17.4. The maximum atomic E-state index is 12.6. The molecule has 8 heteroatoms. The second kappa shape index (κ2) is 6.24. The SMILES string of the molecule is CC(C(=O)N1CCN(c2oc(C3CC3)nc2C#N)CC1)n1cccn1. The molecule has 2 fully saturated rings. The van der Waals surface area contributed by atoms with Gasteiger partial charge in [0.15, 0.2) is 0 Å². The molecule has 8 nitrogen and oxygen atoms in total. The average Bonchev–Trinajstić information content (AvgIpc) is 3.19. The van der Waals surface area contributed by atoms with Gasteiger partial charge in [-0.05, 0) is 25.8 Å². The zero-order valence-corrected chi connectivity index (χ0v) is 14.1. The molecule has 1 aliphatic carbocycles. The number of nitrogens with zero attached hydrogens (tertiary/aromatic N) is 6. The van der Waals surface area contributed by atoms with Crippen LogP contribution < -0.4 is 4.90 Å². The van der Waals surface area contributed by atoms with E-state index in [0.29, 0.717) is 49.6 Å². The third-order valence-electron chi connectivity index (χ3n) is 4.82. The van der Waals surface area contributed by atoms with Crippen molar-refractivity contribution in [2.75, 3.05) is 31.1 Å². The third kappa shape index (κ3) is 2.97. The Labute approximate surface area is 145 Å². The Balaban J connectivity index is 1.41. The van der Waals surface area contributed by atoms with Gasteiger partial charge in [-0.15, -0.1) is 0 Å². The number of oxazole rings is 1. The molecule has 0 bridgehead atoms. The van der Waals surface area contributed by atoms with Crippen LogP contribution in [0.4, 0.5) is 5.88 Å². The summed E-state index contributed by atoms with van der Waals surface area (Å²) in [4.78, 5) is 20.8. The van der Waals surface area contributed by atoms with Crippen LogP contribution in [0.5, 0.6) is 0 Å². The molecule has 1 atom stereocenters. The highest BCUT2D eigenvalue weighted by atomic mass is 16.4. The molecule has 0 spiro atoms. The Bertz CT molecular complexity index is 794. The van der Waals surface area contributed by atoms with E-state index in [4.69, 9.17) is 4.42 Å². The smallest absolute Gasteiger partial charge is 0.247 e. The summed E-state index contributed by atoms with van der Waals surface area (Å²) in [6, 6.07) is 3.62. The van der Waals surface area contributed by atoms with Gasteiger partial charge in [-0.3, -0.25) is 9.48 Å². The van der Waals surface area contributed by atoms with Gasteiger partial charge in [-0.1, -0.05) is 0 Å². The maximum absolute atomic E-state index is 12.6. The number of amides is 1. The first-order chi connectivity index (χ1) is 12.2. The Hall–Kier alpha value is -2.82. The van der Waals surface area contributed by atoms with Crippen LogP contribution in [0.2, 0.25) is 0 Å². The summed E-state index contributed by atoms with van der Waals surface area (Å²) >= 11 is 0. The predicted octanol–water partition coefficient (Wildman–Crippen LogP) is 1.53. The number of nitriles is 1. The molecular weight excluding hydrogens is 320 g/mol. The summed E-state index contributed by atoms with van der Waals surface area (Å²) in [5, 5.41) is 13.5. The predicted molar refractivity (Wildman–Crippen MR) is 88.9 cm³/mol. The van der Waals surface area contributed by atoms with Crippen LogP contribution in [0.1, 0.15) is 43.3 Å². The van der Waals surface area contributed by atoms with Crippen LogP contribution in [-0.2, 0) is 4.79 Å². The number of hydrogen-bond donors (Lipinski definition) is 0. The lowest BCUT2D eigenvalue weighted by molar-refractivity contribution is -0.134. The first-order valence-electron chi connectivity index (χ1n) is 8.61. The molecule has 2 aliphatic rings. The number of hydrogen-bond acceptors (Lipinski definition) is 6. The Morgan fingerprint density at radius 1 is 1.36 bits per heavy atom. The molecule has 1 saturated carbocycles. The fourth-order valence-electron chi connectivity index (χ4n) is 3.14. The first kappa shape index (κ1) is 15.7. The van der Waals surface area contributed by atoms with Gasteiger partial charge in [0.25, 0.3) is 0 Å². The van der Waals surface area contributed by atoms with Crippen molar-refractivity contribution in [2.45, 2.75) is 31.7 Å². The number of piperazine rings is 1. The van der Waals surface area contributed by atoms with Gasteiger partial charge in [0, 0.05) is 44.5 Å². The Morgan fingerprint density at radius 3 is 2.72 bits per heavy atom. The molecule has 0 N–H and O–H groups in total. The maximum Gasteiger partial charge on any atom is 0.247 e. The number of anilines is 1. The summed E-state index contributed by atoms with van der Waals surface area (Å²) in [6.45, 7) is 4.30. The monoisotopic (exact) mass is 340 g/mol. The van der Waals surface area contributed by atoms with Crippen molar-refractivity contribution in [3.63, 3.8) is 0 Å². The Morgan fingerprint density at radius 2 is 2.12 bits per heavy atom. The molecule has 0 radical (unpaired) electrons. The molecule has 1 saturated heterocycles. The average molecular weight is 340 g/mol. The van der Waals surface area contributed by atoms with E-state index < -0.39 is 0 Å². The summed E-state index contributed by atoms with van der Waals surface area (Å²) < 4.78 is 7.51. The second-order valence-electron chi connectivity index (χ2n) is 6.57. The summed E-state index contributed by atoms with van der Waals surface area (Å²) in [5.74, 6) is 1.66. The van der Waals surface area contributed by atoms with Crippen molar-refractivity contribution < 1.29 is 9.21 Å². The quantitative estimate of drug-likeness (QED) is 0.838. The number of aromatic nitrogens is 3. The highest BCUT2D eigenvalue weighted by Gasteiger charge is 2.33. The summed E-state index contributed by atoms with van der Waals surface area (Å²) in [6.07, 6.45) is 5.63. The second-order valence-corrected chi connectivity index (χ2v) is 6.57.